The van der Waals surface area contributed by atoms with Crippen molar-refractivity contribution in [3.63, 3.8) is 0 Å². The molecule has 146 valence electrons. The fourth-order valence-electron chi connectivity index (χ4n) is 3.66. The van der Waals surface area contributed by atoms with Crippen LogP contribution in [0.3, 0.4) is 0 Å². The number of amides is 1. The molecule has 3 aromatic rings. The van der Waals surface area contributed by atoms with E-state index in [-0.39, 0.29) is 5.91 Å². The Hall–Kier alpha value is -2.80. The molecule has 7 nitrogen and oxygen atoms in total. The second-order valence-electron chi connectivity index (χ2n) is 7.51. The minimum atomic E-state index is -0.0328. The van der Waals surface area contributed by atoms with E-state index in [1.54, 1.807) is 6.20 Å². The molecule has 1 amide bonds. The number of carbonyl (C=O) groups is 1. The highest BCUT2D eigenvalue weighted by molar-refractivity contribution is 5.93. The molecule has 0 N–H and O–H groups in total. The standard InChI is InChI=1S/C21H26N6O/c1-16(2)20-22-7-8-26(20)12-9-25-10-13-27(14-11-25)21(28)19-15-23-17-5-3-4-6-18(17)24-19/h3-8,15-16H,9-14H2,1-2H3. The first-order valence-electron chi connectivity index (χ1n) is 9.86. The van der Waals surface area contributed by atoms with E-state index in [4.69, 9.17) is 0 Å². The molecule has 1 aliphatic rings. The summed E-state index contributed by atoms with van der Waals surface area (Å²) in [6.45, 7) is 9.41. The van der Waals surface area contributed by atoms with Crippen molar-refractivity contribution in [3.8, 4) is 0 Å². The number of imidazole rings is 1. The highest BCUT2D eigenvalue weighted by Gasteiger charge is 2.23. The summed E-state index contributed by atoms with van der Waals surface area (Å²) in [5.74, 6) is 1.52. The molecule has 28 heavy (non-hydrogen) atoms. The molecule has 3 heterocycles. The summed E-state index contributed by atoms with van der Waals surface area (Å²) in [7, 11) is 0. The molecule has 0 saturated carbocycles. The highest BCUT2D eigenvalue weighted by atomic mass is 16.2. The zero-order chi connectivity index (χ0) is 19.5. The van der Waals surface area contributed by atoms with Crippen LogP contribution in [-0.4, -0.2) is 67.9 Å². The quantitative estimate of drug-likeness (QED) is 0.682. The first-order chi connectivity index (χ1) is 13.6. The van der Waals surface area contributed by atoms with Gasteiger partial charge in [-0.25, -0.2) is 9.97 Å². The van der Waals surface area contributed by atoms with Crippen molar-refractivity contribution in [1.82, 2.24) is 29.3 Å². The Kier molecular flexibility index (Phi) is 5.34. The Morgan fingerprint density at radius 3 is 2.54 bits per heavy atom. The van der Waals surface area contributed by atoms with Gasteiger partial charge < -0.3 is 9.47 Å². The van der Waals surface area contributed by atoms with Crippen molar-refractivity contribution in [2.45, 2.75) is 26.3 Å². The number of hydrogen-bond acceptors (Lipinski definition) is 5. The zero-order valence-corrected chi connectivity index (χ0v) is 16.5. The van der Waals surface area contributed by atoms with Gasteiger partial charge in [-0.2, -0.15) is 0 Å². The zero-order valence-electron chi connectivity index (χ0n) is 16.5. The maximum Gasteiger partial charge on any atom is 0.274 e. The maximum atomic E-state index is 12.8. The number of hydrogen-bond donors (Lipinski definition) is 0. The van der Waals surface area contributed by atoms with Gasteiger partial charge in [-0.15, -0.1) is 0 Å². The number of aromatic nitrogens is 4. The summed E-state index contributed by atoms with van der Waals surface area (Å²) in [6.07, 6.45) is 5.51. The normalized spacial score (nSPS) is 15.5. The molecule has 1 aliphatic heterocycles. The third kappa shape index (κ3) is 3.89. The van der Waals surface area contributed by atoms with Gasteiger partial charge in [-0.05, 0) is 12.1 Å². The largest absolute Gasteiger partial charge is 0.335 e. The summed E-state index contributed by atoms with van der Waals surface area (Å²) in [5.41, 5.74) is 1.99. The number of nitrogens with zero attached hydrogens (tertiary/aromatic N) is 6. The van der Waals surface area contributed by atoms with Gasteiger partial charge >= 0.3 is 0 Å². The van der Waals surface area contributed by atoms with Crippen molar-refractivity contribution in [1.29, 1.82) is 0 Å². The van der Waals surface area contributed by atoms with Gasteiger partial charge in [0.2, 0.25) is 0 Å². The second-order valence-corrected chi connectivity index (χ2v) is 7.51. The van der Waals surface area contributed by atoms with Crippen molar-refractivity contribution >= 4 is 16.9 Å². The Morgan fingerprint density at radius 1 is 1.04 bits per heavy atom. The molecule has 0 bridgehead atoms. The summed E-state index contributed by atoms with van der Waals surface area (Å²) in [4.78, 5) is 30.4. The summed E-state index contributed by atoms with van der Waals surface area (Å²) >= 11 is 0. The summed E-state index contributed by atoms with van der Waals surface area (Å²) in [6, 6.07) is 7.62. The van der Waals surface area contributed by atoms with Gasteiger partial charge in [-0.3, -0.25) is 14.7 Å². The molecule has 0 unspecified atom stereocenters. The van der Waals surface area contributed by atoms with E-state index < -0.39 is 0 Å². The van der Waals surface area contributed by atoms with Gasteiger partial charge in [0.25, 0.3) is 5.91 Å². The molecule has 0 radical (unpaired) electrons. The molecule has 7 heteroatoms. The number of fused-ring (bicyclic) bond motifs is 1. The lowest BCUT2D eigenvalue weighted by atomic mass is 10.2. The number of carbonyl (C=O) groups excluding carboxylic acids is 1. The average molecular weight is 378 g/mol. The molecule has 4 rings (SSSR count). The Bertz CT molecular complexity index is 958. The monoisotopic (exact) mass is 378 g/mol. The SMILES string of the molecule is CC(C)c1nccn1CCN1CCN(C(=O)c2cnc3ccccc3n2)CC1. The van der Waals surface area contributed by atoms with Gasteiger partial charge in [0, 0.05) is 57.6 Å². The lowest BCUT2D eigenvalue weighted by molar-refractivity contribution is 0.0627. The van der Waals surface area contributed by atoms with Crippen molar-refractivity contribution in [3.05, 3.63) is 54.4 Å². The van der Waals surface area contributed by atoms with Crippen molar-refractivity contribution in [2.24, 2.45) is 0 Å². The molecule has 0 spiro atoms. The minimum Gasteiger partial charge on any atom is -0.335 e. The third-order valence-electron chi connectivity index (χ3n) is 5.25. The van der Waals surface area contributed by atoms with Crippen LogP contribution < -0.4 is 0 Å². The Balaban J connectivity index is 1.33. The summed E-state index contributed by atoms with van der Waals surface area (Å²) in [5, 5.41) is 0. The average Bonchev–Trinajstić information content (AvgIpc) is 3.21. The van der Waals surface area contributed by atoms with Gasteiger partial charge in [0.1, 0.15) is 11.5 Å². The van der Waals surface area contributed by atoms with Crippen LogP contribution in [0.15, 0.2) is 42.9 Å². The van der Waals surface area contributed by atoms with Crippen LogP contribution in [0, 0.1) is 0 Å². The number of para-hydroxylation sites is 2. The van der Waals surface area contributed by atoms with Gasteiger partial charge in [0.05, 0.1) is 17.2 Å². The molecular formula is C21H26N6O. The van der Waals surface area contributed by atoms with Crippen LogP contribution in [0.1, 0.15) is 36.1 Å². The highest BCUT2D eigenvalue weighted by Crippen LogP contribution is 2.13. The molecule has 2 aromatic heterocycles. The van der Waals surface area contributed by atoms with E-state index in [0.717, 1.165) is 43.0 Å². The molecular weight excluding hydrogens is 352 g/mol. The molecule has 1 aromatic carbocycles. The maximum absolute atomic E-state index is 12.8. The van der Waals surface area contributed by atoms with Crippen LogP contribution in [-0.2, 0) is 6.54 Å². The van der Waals surface area contributed by atoms with Crippen LogP contribution in [0.2, 0.25) is 0 Å². The number of rotatable bonds is 5. The third-order valence-corrected chi connectivity index (χ3v) is 5.25. The van der Waals surface area contributed by atoms with E-state index in [9.17, 15) is 4.79 Å². The lowest BCUT2D eigenvalue weighted by Gasteiger charge is -2.34. The minimum absolute atomic E-state index is 0.0328. The molecule has 0 atom stereocenters. The first kappa shape index (κ1) is 18.6. The van der Waals surface area contributed by atoms with E-state index in [1.807, 2.05) is 41.6 Å². The van der Waals surface area contributed by atoms with E-state index in [2.05, 4.69) is 38.3 Å². The molecule has 0 aliphatic carbocycles. The Labute approximate surface area is 165 Å². The predicted octanol–water partition coefficient (Wildman–Crippen LogP) is 2.41. The van der Waals surface area contributed by atoms with E-state index >= 15 is 0 Å². The summed E-state index contributed by atoms with van der Waals surface area (Å²) < 4.78 is 2.23. The van der Waals surface area contributed by atoms with Crippen LogP contribution in [0.4, 0.5) is 0 Å². The van der Waals surface area contributed by atoms with Crippen molar-refractivity contribution < 1.29 is 4.79 Å². The number of piperazine rings is 1. The predicted molar refractivity (Wildman–Crippen MR) is 108 cm³/mol. The van der Waals surface area contributed by atoms with Crippen molar-refractivity contribution in [2.75, 3.05) is 32.7 Å². The van der Waals surface area contributed by atoms with Crippen LogP contribution in [0.25, 0.3) is 11.0 Å². The Morgan fingerprint density at radius 2 is 1.79 bits per heavy atom. The fraction of sp³-hybridized carbons (Fsp3) is 0.429. The molecule has 1 saturated heterocycles. The van der Waals surface area contributed by atoms with E-state index in [0.29, 0.717) is 24.7 Å². The number of benzene rings is 1. The first-order valence-corrected chi connectivity index (χ1v) is 9.86. The molecule has 1 fully saturated rings. The van der Waals surface area contributed by atoms with E-state index in [1.165, 1.54) is 0 Å². The van der Waals surface area contributed by atoms with Crippen LogP contribution in [0.5, 0.6) is 0 Å². The lowest BCUT2D eigenvalue weighted by Crippen LogP contribution is -2.49. The smallest absolute Gasteiger partial charge is 0.274 e. The fourth-order valence-corrected chi connectivity index (χ4v) is 3.66. The topological polar surface area (TPSA) is 67.2 Å². The second kappa shape index (κ2) is 8.06. The van der Waals surface area contributed by atoms with Gasteiger partial charge in [0.15, 0.2) is 0 Å². The van der Waals surface area contributed by atoms with Gasteiger partial charge in [-0.1, -0.05) is 26.0 Å². The van der Waals surface area contributed by atoms with Crippen LogP contribution >= 0.6 is 0 Å².